The lowest BCUT2D eigenvalue weighted by molar-refractivity contribution is 0.199. The summed E-state index contributed by atoms with van der Waals surface area (Å²) in [4.78, 5) is 0. The molecule has 0 saturated carbocycles. The number of rotatable bonds is 9. The first-order valence-electron chi connectivity index (χ1n) is 6.56. The molecule has 1 aromatic heterocycles. The number of nitrogens with one attached hydrogen (secondary N) is 2. The zero-order valence-electron chi connectivity index (χ0n) is 12.0. The van der Waals surface area contributed by atoms with Crippen molar-refractivity contribution in [3.8, 4) is 0 Å². The molecular formula is C13H26N4O. The van der Waals surface area contributed by atoms with Crippen molar-refractivity contribution < 1.29 is 4.74 Å². The Labute approximate surface area is 110 Å². The molecule has 0 radical (unpaired) electrons. The second-order valence-corrected chi connectivity index (χ2v) is 4.55. The highest BCUT2D eigenvalue weighted by Crippen LogP contribution is 2.10. The Bertz CT molecular complexity index is 349. The van der Waals surface area contributed by atoms with E-state index < -0.39 is 0 Å². The Balaban J connectivity index is 2.11. The molecule has 2 N–H and O–H groups in total. The third-order valence-electron chi connectivity index (χ3n) is 3.15. The van der Waals surface area contributed by atoms with E-state index >= 15 is 0 Å². The molecule has 0 aliphatic carbocycles. The van der Waals surface area contributed by atoms with Crippen LogP contribution in [0.3, 0.4) is 0 Å². The fourth-order valence-electron chi connectivity index (χ4n) is 1.92. The smallest absolute Gasteiger partial charge is 0.0641 e. The molecule has 0 amide bonds. The Morgan fingerprint density at radius 2 is 1.89 bits per heavy atom. The molecule has 18 heavy (non-hydrogen) atoms. The number of hydrogen-bond acceptors (Lipinski definition) is 4. The predicted molar refractivity (Wildman–Crippen MR) is 73.8 cm³/mol. The topological polar surface area (TPSA) is 51.1 Å². The summed E-state index contributed by atoms with van der Waals surface area (Å²) >= 11 is 0. The quantitative estimate of drug-likeness (QED) is 0.639. The van der Waals surface area contributed by atoms with Crippen molar-refractivity contribution in [1.29, 1.82) is 0 Å². The van der Waals surface area contributed by atoms with Gasteiger partial charge in [-0.05, 0) is 33.4 Å². The molecule has 5 heteroatoms. The Morgan fingerprint density at radius 3 is 2.50 bits per heavy atom. The average molecular weight is 254 g/mol. The highest BCUT2D eigenvalue weighted by Gasteiger charge is 2.07. The van der Waals surface area contributed by atoms with Gasteiger partial charge in [0.05, 0.1) is 12.3 Å². The lowest BCUT2D eigenvalue weighted by atomic mass is 10.2. The van der Waals surface area contributed by atoms with Crippen molar-refractivity contribution in [3.63, 3.8) is 0 Å². The molecule has 0 atom stereocenters. The van der Waals surface area contributed by atoms with Crippen LogP contribution in [0.5, 0.6) is 0 Å². The summed E-state index contributed by atoms with van der Waals surface area (Å²) in [6.07, 6.45) is 1.13. The minimum absolute atomic E-state index is 0.779. The van der Waals surface area contributed by atoms with Gasteiger partial charge in [-0.25, -0.2) is 0 Å². The van der Waals surface area contributed by atoms with Crippen LogP contribution in [0.15, 0.2) is 0 Å². The van der Waals surface area contributed by atoms with E-state index in [4.69, 9.17) is 4.74 Å². The first kappa shape index (κ1) is 15.1. The molecule has 104 valence electrons. The Morgan fingerprint density at radius 1 is 1.17 bits per heavy atom. The first-order chi connectivity index (χ1) is 8.66. The van der Waals surface area contributed by atoms with Crippen LogP contribution in [0.4, 0.5) is 0 Å². The van der Waals surface area contributed by atoms with Crippen LogP contribution in [-0.2, 0) is 18.3 Å². The lowest BCUT2D eigenvalue weighted by Crippen LogP contribution is -2.24. The number of aromatic nitrogens is 2. The SMILES string of the molecule is COCCNCCCNCc1c(C)nn(C)c1C. The van der Waals surface area contributed by atoms with Crippen LogP contribution in [0, 0.1) is 13.8 Å². The van der Waals surface area contributed by atoms with Gasteiger partial charge in [0.1, 0.15) is 0 Å². The Hall–Kier alpha value is -0.910. The van der Waals surface area contributed by atoms with Gasteiger partial charge in [0, 0.05) is 38.5 Å². The third kappa shape index (κ3) is 4.76. The van der Waals surface area contributed by atoms with E-state index in [0.717, 1.165) is 44.9 Å². The Kier molecular flexibility index (Phi) is 6.93. The van der Waals surface area contributed by atoms with Crippen molar-refractivity contribution in [3.05, 3.63) is 17.0 Å². The number of hydrogen-bond donors (Lipinski definition) is 2. The second-order valence-electron chi connectivity index (χ2n) is 4.55. The standard InChI is InChI=1S/C13H26N4O/c1-11-13(12(2)17(3)16-11)10-15-7-5-6-14-8-9-18-4/h14-15H,5-10H2,1-4H3. The van der Waals surface area contributed by atoms with Crippen LogP contribution in [0.25, 0.3) is 0 Å². The van der Waals surface area contributed by atoms with Crippen LogP contribution >= 0.6 is 0 Å². The second kappa shape index (κ2) is 8.24. The largest absolute Gasteiger partial charge is 0.383 e. The molecule has 0 unspecified atom stereocenters. The molecule has 0 saturated heterocycles. The maximum absolute atomic E-state index is 4.97. The monoisotopic (exact) mass is 254 g/mol. The van der Waals surface area contributed by atoms with E-state index in [1.807, 2.05) is 11.7 Å². The molecule has 1 rings (SSSR count). The minimum Gasteiger partial charge on any atom is -0.383 e. The van der Waals surface area contributed by atoms with E-state index in [-0.39, 0.29) is 0 Å². The normalized spacial score (nSPS) is 11.1. The van der Waals surface area contributed by atoms with Crippen molar-refractivity contribution in [2.45, 2.75) is 26.8 Å². The molecule has 0 fully saturated rings. The van der Waals surface area contributed by atoms with Gasteiger partial charge in [-0.3, -0.25) is 4.68 Å². The van der Waals surface area contributed by atoms with Gasteiger partial charge in [-0.15, -0.1) is 0 Å². The van der Waals surface area contributed by atoms with Crippen molar-refractivity contribution in [2.24, 2.45) is 7.05 Å². The van der Waals surface area contributed by atoms with E-state index in [9.17, 15) is 0 Å². The van der Waals surface area contributed by atoms with Gasteiger partial charge < -0.3 is 15.4 Å². The highest BCUT2D eigenvalue weighted by atomic mass is 16.5. The van der Waals surface area contributed by atoms with Crippen LogP contribution in [-0.4, -0.2) is 43.1 Å². The molecule has 0 aromatic carbocycles. The summed E-state index contributed by atoms with van der Waals surface area (Å²) in [5, 5.41) is 11.2. The molecule has 5 nitrogen and oxygen atoms in total. The van der Waals surface area contributed by atoms with Gasteiger partial charge >= 0.3 is 0 Å². The molecule has 1 aromatic rings. The average Bonchev–Trinajstić information content (AvgIpc) is 2.58. The van der Waals surface area contributed by atoms with E-state index in [2.05, 4.69) is 29.6 Å². The molecule has 0 aliphatic rings. The third-order valence-corrected chi connectivity index (χ3v) is 3.15. The fourth-order valence-corrected chi connectivity index (χ4v) is 1.92. The number of aryl methyl sites for hydroxylation is 2. The molecule has 0 spiro atoms. The molecule has 0 bridgehead atoms. The van der Waals surface area contributed by atoms with Crippen LogP contribution < -0.4 is 10.6 Å². The van der Waals surface area contributed by atoms with E-state index in [0.29, 0.717) is 0 Å². The summed E-state index contributed by atoms with van der Waals surface area (Å²) in [6.45, 7) is 8.84. The predicted octanol–water partition coefficient (Wildman–Crippen LogP) is 0.753. The lowest BCUT2D eigenvalue weighted by Gasteiger charge is -2.06. The summed E-state index contributed by atoms with van der Waals surface area (Å²) < 4.78 is 6.91. The molecule has 0 aliphatic heterocycles. The van der Waals surface area contributed by atoms with Crippen molar-refractivity contribution in [2.75, 3.05) is 33.4 Å². The highest BCUT2D eigenvalue weighted by molar-refractivity contribution is 5.23. The summed E-state index contributed by atoms with van der Waals surface area (Å²) in [5.41, 5.74) is 3.70. The van der Waals surface area contributed by atoms with Crippen molar-refractivity contribution in [1.82, 2.24) is 20.4 Å². The van der Waals surface area contributed by atoms with Crippen LogP contribution in [0.1, 0.15) is 23.4 Å². The number of ether oxygens (including phenoxy) is 1. The van der Waals surface area contributed by atoms with Gasteiger partial charge in [0.15, 0.2) is 0 Å². The number of nitrogens with zero attached hydrogens (tertiary/aromatic N) is 2. The first-order valence-corrected chi connectivity index (χ1v) is 6.56. The van der Waals surface area contributed by atoms with Crippen LogP contribution in [0.2, 0.25) is 0 Å². The van der Waals surface area contributed by atoms with Gasteiger partial charge in [0.25, 0.3) is 0 Å². The number of methoxy groups -OCH3 is 1. The fraction of sp³-hybridized carbons (Fsp3) is 0.769. The minimum atomic E-state index is 0.779. The summed E-state index contributed by atoms with van der Waals surface area (Å²) in [6, 6.07) is 0. The van der Waals surface area contributed by atoms with Gasteiger partial charge in [-0.1, -0.05) is 0 Å². The zero-order valence-corrected chi connectivity index (χ0v) is 12.0. The van der Waals surface area contributed by atoms with E-state index in [1.54, 1.807) is 7.11 Å². The maximum atomic E-state index is 4.97. The van der Waals surface area contributed by atoms with Crippen molar-refractivity contribution >= 4 is 0 Å². The summed E-state index contributed by atoms with van der Waals surface area (Å²) in [7, 11) is 3.72. The molecular weight excluding hydrogens is 228 g/mol. The summed E-state index contributed by atoms with van der Waals surface area (Å²) in [5.74, 6) is 0. The maximum Gasteiger partial charge on any atom is 0.0641 e. The zero-order chi connectivity index (χ0) is 13.4. The molecule has 1 heterocycles. The van der Waals surface area contributed by atoms with E-state index in [1.165, 1.54) is 11.3 Å². The van der Waals surface area contributed by atoms with Gasteiger partial charge in [0.2, 0.25) is 0 Å². The van der Waals surface area contributed by atoms with Gasteiger partial charge in [-0.2, -0.15) is 5.10 Å².